The first-order chi connectivity index (χ1) is 34.5. The second-order valence-electron chi connectivity index (χ2n) is 24.0. The Balaban J connectivity index is 1.79. The van der Waals surface area contributed by atoms with Crippen LogP contribution in [-0.4, -0.2) is 19.8 Å². The summed E-state index contributed by atoms with van der Waals surface area (Å²) in [5.41, 5.74) is 12.5. The van der Waals surface area contributed by atoms with Gasteiger partial charge in [-0.2, -0.15) is 0 Å². The Labute approximate surface area is 443 Å². The molecule has 0 N–H and O–H groups in total. The number of aryl methyl sites for hydroxylation is 1. The Morgan fingerprint density at radius 2 is 0.836 bits per heavy atom. The number of allylic oxidation sites excluding steroid dienone is 4. The molecule has 0 spiro atoms. The average molecular weight is 1010 g/mol. The molecular weight excluding hydrogens is 920 g/mol. The summed E-state index contributed by atoms with van der Waals surface area (Å²) in [5, 5.41) is 0. The van der Waals surface area contributed by atoms with E-state index in [0.29, 0.717) is 57.0 Å². The smallest absolute Gasteiger partial charge is 0.498 e. The third-order valence-corrected chi connectivity index (χ3v) is 14.6. The number of hydrogen-bond donors (Lipinski definition) is 0. The molecule has 0 saturated carbocycles. The van der Waals surface area contributed by atoms with Crippen molar-refractivity contribution in [3.8, 4) is 28.7 Å². The summed E-state index contributed by atoms with van der Waals surface area (Å²) in [7, 11) is -2.03. The predicted octanol–water partition coefficient (Wildman–Crippen LogP) is 18.7. The summed E-state index contributed by atoms with van der Waals surface area (Å²) in [4.78, 5) is 0. The third-order valence-electron chi connectivity index (χ3n) is 13.5. The number of benzene rings is 5. The minimum atomic E-state index is -2.03. The summed E-state index contributed by atoms with van der Waals surface area (Å²) in [6.07, 6.45) is 9.23. The van der Waals surface area contributed by atoms with Gasteiger partial charge >= 0.3 is 8.60 Å². The van der Waals surface area contributed by atoms with Crippen molar-refractivity contribution in [1.29, 1.82) is 0 Å². The summed E-state index contributed by atoms with van der Waals surface area (Å²) in [5.74, 6) is 5.01. The van der Waals surface area contributed by atoms with Gasteiger partial charge in [0.2, 0.25) is 0 Å². The highest BCUT2D eigenvalue weighted by Gasteiger charge is 2.31. The average Bonchev–Trinajstić information content (AvgIpc) is 3.32. The van der Waals surface area contributed by atoms with Gasteiger partial charge in [0.25, 0.3) is 0 Å². The van der Waals surface area contributed by atoms with Crippen LogP contribution in [0.15, 0.2) is 120 Å². The Morgan fingerprint density at radius 3 is 1.23 bits per heavy atom. The number of rotatable bonds is 17. The van der Waals surface area contributed by atoms with E-state index in [0.717, 1.165) is 82.9 Å². The standard InChI is InChI=1S/C66H89O6P/c1-17-33-67-59-32-31-46-39-54(64(8,9)10)41-48(60(46)68-34-18-2)37-49-42-55(65(11,12)13)43-50(61(49)69-35-19-3)38-52-45-56(66(14,15)16)44-51(36-47(59)40-53(20-4)63(5,6)7)62(52)72-73(70-57-27-23-21-24-28-57)71-58-29-25-22-26-30-58/h21-30,39-45H,17-20,31-38H2,1-16H3/b53-40+,59-47+. The molecule has 1 aliphatic rings. The molecule has 0 saturated heterocycles. The van der Waals surface area contributed by atoms with E-state index in [1.54, 1.807) is 0 Å². The molecule has 1 aliphatic carbocycles. The van der Waals surface area contributed by atoms with Gasteiger partial charge in [0.15, 0.2) is 0 Å². The zero-order valence-electron chi connectivity index (χ0n) is 47.7. The highest BCUT2D eigenvalue weighted by molar-refractivity contribution is 7.43. The fourth-order valence-electron chi connectivity index (χ4n) is 9.27. The van der Waals surface area contributed by atoms with Crippen LogP contribution in [0, 0.1) is 5.41 Å². The molecule has 5 aromatic rings. The van der Waals surface area contributed by atoms with E-state index in [2.05, 4.69) is 153 Å². The van der Waals surface area contributed by atoms with Crippen LogP contribution in [0.5, 0.6) is 28.7 Å². The number of para-hydroxylation sites is 2. The molecule has 6 rings (SSSR count). The van der Waals surface area contributed by atoms with Gasteiger partial charge in [-0.05, 0) is 134 Å². The summed E-state index contributed by atoms with van der Waals surface area (Å²) in [6, 6.07) is 34.1. The summed E-state index contributed by atoms with van der Waals surface area (Å²) >= 11 is 0. The largest absolute Gasteiger partial charge is 0.530 e. The van der Waals surface area contributed by atoms with Crippen LogP contribution >= 0.6 is 8.60 Å². The first kappa shape index (κ1) is 57.1. The van der Waals surface area contributed by atoms with Gasteiger partial charge in [0, 0.05) is 25.7 Å². The maximum Gasteiger partial charge on any atom is 0.530 e. The quantitative estimate of drug-likeness (QED) is 0.0865. The molecule has 0 fully saturated rings. The molecule has 7 heteroatoms. The van der Waals surface area contributed by atoms with E-state index in [1.807, 2.05) is 60.7 Å². The fourth-order valence-corrected chi connectivity index (χ4v) is 10.4. The fraction of sp³-hybridized carbons (Fsp3) is 0.485. The monoisotopic (exact) mass is 1010 g/mol. The molecular formula is C66H89O6P. The summed E-state index contributed by atoms with van der Waals surface area (Å²) < 4.78 is 42.1. The zero-order chi connectivity index (χ0) is 53.1. The topological polar surface area (TPSA) is 55.4 Å². The second-order valence-corrected chi connectivity index (χ2v) is 25.0. The van der Waals surface area contributed by atoms with Gasteiger partial charge < -0.3 is 27.8 Å². The predicted molar refractivity (Wildman–Crippen MR) is 307 cm³/mol. The zero-order valence-corrected chi connectivity index (χ0v) is 48.6. The van der Waals surface area contributed by atoms with Crippen molar-refractivity contribution >= 4 is 8.60 Å². The van der Waals surface area contributed by atoms with Gasteiger partial charge in [-0.3, -0.25) is 0 Å². The van der Waals surface area contributed by atoms with Crippen molar-refractivity contribution < 1.29 is 27.8 Å². The number of ether oxygens (including phenoxy) is 3. The van der Waals surface area contributed by atoms with Gasteiger partial charge in [0.1, 0.15) is 28.7 Å². The minimum Gasteiger partial charge on any atom is -0.498 e. The lowest BCUT2D eigenvalue weighted by molar-refractivity contribution is 0.199. The van der Waals surface area contributed by atoms with E-state index < -0.39 is 8.60 Å². The lowest BCUT2D eigenvalue weighted by Crippen LogP contribution is -2.17. The molecule has 0 unspecified atom stereocenters. The number of fused-ring (bicyclic) bond motifs is 6. The van der Waals surface area contributed by atoms with Crippen molar-refractivity contribution in [2.45, 2.75) is 185 Å². The molecule has 0 aromatic heterocycles. The minimum absolute atomic E-state index is 0.0756. The van der Waals surface area contributed by atoms with Crippen molar-refractivity contribution in [1.82, 2.24) is 0 Å². The number of hydrogen-bond acceptors (Lipinski definition) is 6. The van der Waals surface area contributed by atoms with E-state index in [1.165, 1.54) is 33.4 Å². The molecule has 394 valence electrons. The van der Waals surface area contributed by atoms with Crippen LogP contribution in [0.4, 0.5) is 0 Å². The van der Waals surface area contributed by atoms with Gasteiger partial charge in [-0.1, -0.05) is 195 Å². The molecule has 0 radical (unpaired) electrons. The van der Waals surface area contributed by atoms with Crippen LogP contribution in [-0.2, 0) is 46.7 Å². The van der Waals surface area contributed by atoms with Crippen LogP contribution < -0.4 is 23.0 Å². The van der Waals surface area contributed by atoms with Crippen LogP contribution in [0.25, 0.3) is 0 Å². The van der Waals surface area contributed by atoms with Crippen molar-refractivity contribution in [3.63, 3.8) is 0 Å². The van der Waals surface area contributed by atoms with Gasteiger partial charge in [-0.25, -0.2) is 0 Å². The first-order valence-electron chi connectivity index (χ1n) is 27.3. The molecule has 6 nitrogen and oxygen atoms in total. The molecule has 0 aliphatic heterocycles. The molecule has 0 atom stereocenters. The molecule has 73 heavy (non-hydrogen) atoms. The Bertz CT molecular complexity index is 2610. The molecule has 0 amide bonds. The van der Waals surface area contributed by atoms with Crippen molar-refractivity contribution in [2.24, 2.45) is 5.41 Å². The molecule has 6 bridgehead atoms. The maximum atomic E-state index is 7.46. The van der Waals surface area contributed by atoms with Crippen LogP contribution in [0.1, 0.15) is 193 Å². The third kappa shape index (κ3) is 15.7. The normalized spacial score (nSPS) is 15.0. The van der Waals surface area contributed by atoms with Gasteiger partial charge in [-0.15, -0.1) is 0 Å². The van der Waals surface area contributed by atoms with Crippen LogP contribution in [0.3, 0.4) is 0 Å². The second kappa shape index (κ2) is 24.9. The Kier molecular flexibility index (Phi) is 19.5. The lowest BCUT2D eigenvalue weighted by Gasteiger charge is -2.29. The van der Waals surface area contributed by atoms with E-state index in [4.69, 9.17) is 27.8 Å². The maximum absolute atomic E-state index is 7.46. The van der Waals surface area contributed by atoms with Crippen molar-refractivity contribution in [3.05, 3.63) is 170 Å². The Hall–Kier alpha value is -5.19. The molecule has 5 aromatic carbocycles. The molecule has 0 heterocycles. The van der Waals surface area contributed by atoms with Crippen LogP contribution in [0.2, 0.25) is 0 Å². The van der Waals surface area contributed by atoms with E-state index in [-0.39, 0.29) is 21.7 Å². The highest BCUT2D eigenvalue weighted by atomic mass is 31.2. The van der Waals surface area contributed by atoms with Gasteiger partial charge in [0.05, 0.1) is 25.6 Å². The van der Waals surface area contributed by atoms with E-state index in [9.17, 15) is 0 Å². The SMILES string of the molecule is CCCO/C1=C(/C=C(\CC)C(C)(C)C)Cc2cc(C(C)(C)C)cc(c2OP(Oc2ccccc2)Oc2ccccc2)Cc2cc(C(C)(C)C)cc(c2OCCC)Cc2cc(C(C)(C)C)cc(c2OCCC)CC1. The lowest BCUT2D eigenvalue weighted by atomic mass is 9.79. The Morgan fingerprint density at radius 1 is 0.452 bits per heavy atom. The first-order valence-corrected chi connectivity index (χ1v) is 28.4. The van der Waals surface area contributed by atoms with E-state index >= 15 is 0 Å². The van der Waals surface area contributed by atoms with Crippen molar-refractivity contribution in [2.75, 3.05) is 19.8 Å². The summed E-state index contributed by atoms with van der Waals surface area (Å²) in [6.45, 7) is 38.5. The highest BCUT2D eigenvalue weighted by Crippen LogP contribution is 2.48.